The van der Waals surface area contributed by atoms with Gasteiger partial charge in [0.05, 0.1) is 6.61 Å². The Kier molecular flexibility index (Phi) is 3.24. The van der Waals surface area contributed by atoms with Gasteiger partial charge in [-0.1, -0.05) is 0 Å². The Morgan fingerprint density at radius 1 is 1.75 bits per heavy atom. The zero-order valence-corrected chi connectivity index (χ0v) is 9.06. The van der Waals surface area contributed by atoms with Gasteiger partial charge in [-0.25, -0.2) is 4.79 Å². The Bertz CT molecular complexity index is 274. The van der Waals surface area contributed by atoms with E-state index in [1.165, 1.54) is 11.3 Å². The standard InChI is InChI=1S/C8H11O2PS/c1-3-10-8(9)7-4-6(11)5(2)12-7/h4H,3,11H2,1-2H3. The highest BCUT2D eigenvalue weighted by molar-refractivity contribution is 7.30. The second-order valence-electron chi connectivity index (χ2n) is 2.34. The zero-order chi connectivity index (χ0) is 9.14. The summed E-state index contributed by atoms with van der Waals surface area (Å²) in [5.74, 6) is -0.223. The fraction of sp³-hybridized carbons (Fsp3) is 0.375. The third-order valence-electron chi connectivity index (χ3n) is 1.43. The van der Waals surface area contributed by atoms with Crippen LogP contribution >= 0.6 is 20.6 Å². The predicted molar refractivity (Wildman–Crippen MR) is 54.4 cm³/mol. The van der Waals surface area contributed by atoms with Crippen LogP contribution in [0.1, 0.15) is 21.5 Å². The monoisotopic (exact) mass is 202 g/mol. The van der Waals surface area contributed by atoms with Gasteiger partial charge in [0.1, 0.15) is 4.88 Å². The Hall–Kier alpha value is -0.400. The first-order chi connectivity index (χ1) is 5.65. The average Bonchev–Trinajstić information content (AvgIpc) is 2.33. The second-order valence-corrected chi connectivity index (χ2v) is 4.22. The highest BCUT2D eigenvalue weighted by Gasteiger charge is 2.10. The lowest BCUT2D eigenvalue weighted by Crippen LogP contribution is -2.02. The van der Waals surface area contributed by atoms with E-state index in [-0.39, 0.29) is 5.97 Å². The molecule has 0 aliphatic carbocycles. The average molecular weight is 202 g/mol. The van der Waals surface area contributed by atoms with E-state index in [0.29, 0.717) is 11.5 Å². The van der Waals surface area contributed by atoms with Crippen molar-refractivity contribution in [2.45, 2.75) is 13.8 Å². The number of hydrogen-bond acceptors (Lipinski definition) is 3. The van der Waals surface area contributed by atoms with Crippen LogP contribution in [0.15, 0.2) is 6.07 Å². The fourth-order valence-corrected chi connectivity index (χ4v) is 2.10. The molecule has 0 bridgehead atoms. The molecule has 4 heteroatoms. The Morgan fingerprint density at radius 3 is 2.83 bits per heavy atom. The molecule has 0 aliphatic rings. The maximum Gasteiger partial charge on any atom is 0.348 e. The molecule has 0 N–H and O–H groups in total. The van der Waals surface area contributed by atoms with Crippen LogP contribution in [0, 0.1) is 6.92 Å². The Balaban J connectivity index is 2.82. The minimum absolute atomic E-state index is 0.223. The van der Waals surface area contributed by atoms with E-state index in [1.807, 2.05) is 13.0 Å². The van der Waals surface area contributed by atoms with Gasteiger partial charge >= 0.3 is 5.97 Å². The molecular weight excluding hydrogens is 191 g/mol. The number of carbonyl (C=O) groups excluding carboxylic acids is 1. The van der Waals surface area contributed by atoms with Crippen molar-refractivity contribution in [2.75, 3.05) is 6.61 Å². The first kappa shape index (κ1) is 9.69. The summed E-state index contributed by atoms with van der Waals surface area (Å²) in [7, 11) is 2.59. The molecule has 0 aromatic carbocycles. The summed E-state index contributed by atoms with van der Waals surface area (Å²) in [5, 5.41) is 1.07. The molecule has 0 fully saturated rings. The quantitative estimate of drug-likeness (QED) is 0.539. The van der Waals surface area contributed by atoms with Crippen molar-refractivity contribution in [3.05, 3.63) is 15.8 Å². The topological polar surface area (TPSA) is 26.3 Å². The van der Waals surface area contributed by atoms with E-state index in [2.05, 4.69) is 9.24 Å². The number of hydrogen-bond donors (Lipinski definition) is 0. The fourth-order valence-electron chi connectivity index (χ4n) is 0.799. The molecule has 0 saturated heterocycles. The summed E-state index contributed by atoms with van der Waals surface area (Å²) in [6.45, 7) is 4.22. The van der Waals surface area contributed by atoms with Gasteiger partial charge in [-0.2, -0.15) is 0 Å². The largest absolute Gasteiger partial charge is 0.462 e. The summed E-state index contributed by atoms with van der Waals surface area (Å²) >= 11 is 1.47. The molecule has 1 aromatic rings. The number of esters is 1. The van der Waals surface area contributed by atoms with E-state index in [4.69, 9.17) is 4.74 Å². The molecule has 1 aromatic heterocycles. The van der Waals surface area contributed by atoms with Gasteiger partial charge in [0.25, 0.3) is 0 Å². The lowest BCUT2D eigenvalue weighted by Gasteiger charge is -1.95. The van der Waals surface area contributed by atoms with Crippen LogP contribution in [-0.4, -0.2) is 12.6 Å². The summed E-state index contributed by atoms with van der Waals surface area (Å²) in [6.07, 6.45) is 0. The number of thiophene rings is 1. The molecule has 0 saturated carbocycles. The van der Waals surface area contributed by atoms with Crippen molar-refractivity contribution in [3.8, 4) is 0 Å². The van der Waals surface area contributed by atoms with Crippen LogP contribution < -0.4 is 5.30 Å². The maximum absolute atomic E-state index is 11.2. The third-order valence-corrected chi connectivity index (χ3v) is 3.29. The zero-order valence-electron chi connectivity index (χ0n) is 7.09. The van der Waals surface area contributed by atoms with Crippen LogP contribution in [-0.2, 0) is 4.74 Å². The molecule has 12 heavy (non-hydrogen) atoms. The second kappa shape index (κ2) is 4.01. The van der Waals surface area contributed by atoms with E-state index in [0.717, 1.165) is 10.2 Å². The number of carbonyl (C=O) groups is 1. The van der Waals surface area contributed by atoms with E-state index in [9.17, 15) is 4.79 Å². The minimum Gasteiger partial charge on any atom is -0.462 e. The molecule has 0 amide bonds. The molecule has 1 atom stereocenters. The van der Waals surface area contributed by atoms with Gasteiger partial charge in [0.15, 0.2) is 0 Å². The van der Waals surface area contributed by atoms with Gasteiger partial charge < -0.3 is 4.74 Å². The van der Waals surface area contributed by atoms with Crippen molar-refractivity contribution in [3.63, 3.8) is 0 Å². The first-order valence-corrected chi connectivity index (χ1v) is 5.07. The predicted octanol–water partition coefficient (Wildman–Crippen LogP) is 1.73. The van der Waals surface area contributed by atoms with Crippen LogP contribution in [0.3, 0.4) is 0 Å². The normalized spacial score (nSPS) is 9.92. The minimum atomic E-state index is -0.223. The van der Waals surface area contributed by atoms with Crippen molar-refractivity contribution < 1.29 is 9.53 Å². The SMILES string of the molecule is CCOC(=O)c1cc(P)c(C)s1. The van der Waals surface area contributed by atoms with Gasteiger partial charge in [-0.15, -0.1) is 20.6 Å². The maximum atomic E-state index is 11.2. The molecular formula is C8H11O2PS. The van der Waals surface area contributed by atoms with Crippen molar-refractivity contribution in [1.82, 2.24) is 0 Å². The van der Waals surface area contributed by atoms with Crippen molar-refractivity contribution >= 4 is 31.9 Å². The third kappa shape index (κ3) is 2.05. The summed E-state index contributed by atoms with van der Waals surface area (Å²) in [4.78, 5) is 13.0. The molecule has 1 unspecified atom stereocenters. The van der Waals surface area contributed by atoms with Gasteiger partial charge in [-0.3, -0.25) is 0 Å². The molecule has 2 nitrogen and oxygen atoms in total. The summed E-state index contributed by atoms with van der Waals surface area (Å²) < 4.78 is 4.86. The van der Waals surface area contributed by atoms with Crippen LogP contribution in [0.25, 0.3) is 0 Å². The lowest BCUT2D eigenvalue weighted by molar-refractivity contribution is 0.0532. The highest BCUT2D eigenvalue weighted by atomic mass is 32.1. The number of rotatable bonds is 2. The van der Waals surface area contributed by atoms with Gasteiger partial charge in [0.2, 0.25) is 0 Å². The smallest absolute Gasteiger partial charge is 0.348 e. The molecule has 0 radical (unpaired) electrons. The van der Waals surface area contributed by atoms with Crippen LogP contribution in [0.5, 0.6) is 0 Å². The lowest BCUT2D eigenvalue weighted by atomic mass is 10.4. The van der Waals surface area contributed by atoms with E-state index < -0.39 is 0 Å². The highest BCUT2D eigenvalue weighted by Crippen LogP contribution is 2.16. The molecule has 0 aliphatic heterocycles. The molecule has 66 valence electrons. The van der Waals surface area contributed by atoms with Crippen LogP contribution in [0.2, 0.25) is 0 Å². The summed E-state index contributed by atoms with van der Waals surface area (Å²) in [5.41, 5.74) is 0. The van der Waals surface area contributed by atoms with E-state index in [1.54, 1.807) is 6.92 Å². The van der Waals surface area contributed by atoms with Gasteiger partial charge in [0, 0.05) is 4.88 Å². The van der Waals surface area contributed by atoms with Crippen molar-refractivity contribution in [1.29, 1.82) is 0 Å². The van der Waals surface area contributed by atoms with Crippen LogP contribution in [0.4, 0.5) is 0 Å². The number of aryl methyl sites for hydroxylation is 1. The molecule has 1 heterocycles. The first-order valence-electron chi connectivity index (χ1n) is 3.68. The van der Waals surface area contributed by atoms with Gasteiger partial charge in [-0.05, 0) is 25.2 Å². The molecule has 0 spiro atoms. The molecule has 1 rings (SSSR count). The van der Waals surface area contributed by atoms with E-state index >= 15 is 0 Å². The number of ether oxygens (including phenoxy) is 1. The summed E-state index contributed by atoms with van der Waals surface area (Å²) in [6, 6.07) is 1.84. The Labute approximate surface area is 78.1 Å². The van der Waals surface area contributed by atoms with Crippen molar-refractivity contribution in [2.24, 2.45) is 0 Å². The Morgan fingerprint density at radius 2 is 2.42 bits per heavy atom.